The summed E-state index contributed by atoms with van der Waals surface area (Å²) in [4.78, 5) is 23.4. The van der Waals surface area contributed by atoms with E-state index in [0.29, 0.717) is 24.6 Å². The summed E-state index contributed by atoms with van der Waals surface area (Å²) in [6.07, 6.45) is 0.329. The van der Waals surface area contributed by atoms with Crippen LogP contribution in [0.5, 0.6) is 0 Å². The second-order valence-corrected chi connectivity index (χ2v) is 5.24. The van der Waals surface area contributed by atoms with Gasteiger partial charge in [0.2, 0.25) is 5.91 Å². The molecule has 6 heteroatoms. The molecule has 0 saturated carbocycles. The fourth-order valence-electron chi connectivity index (χ4n) is 1.84. The third kappa shape index (κ3) is 5.93. The van der Waals surface area contributed by atoms with Crippen molar-refractivity contribution >= 4 is 11.8 Å². The highest BCUT2D eigenvalue weighted by Crippen LogP contribution is 2.06. The van der Waals surface area contributed by atoms with Crippen molar-refractivity contribution in [2.75, 3.05) is 6.54 Å². The molecule has 1 aromatic carbocycles. The first-order chi connectivity index (χ1) is 9.93. The summed E-state index contributed by atoms with van der Waals surface area (Å²) < 4.78 is 0. The van der Waals surface area contributed by atoms with Crippen LogP contribution in [0, 0.1) is 0 Å². The van der Waals surface area contributed by atoms with Crippen molar-refractivity contribution < 1.29 is 9.59 Å². The van der Waals surface area contributed by atoms with Crippen LogP contribution >= 0.6 is 0 Å². The summed E-state index contributed by atoms with van der Waals surface area (Å²) in [5, 5.41) is 5.90. The highest BCUT2D eigenvalue weighted by Gasteiger charge is 2.18. The van der Waals surface area contributed by atoms with E-state index in [-0.39, 0.29) is 12.5 Å². The average molecular weight is 292 g/mol. The molecule has 6 N–H and O–H groups in total. The molecule has 1 rings (SSSR count). The number of benzene rings is 1. The molecule has 6 nitrogen and oxygen atoms in total. The van der Waals surface area contributed by atoms with E-state index in [1.54, 1.807) is 12.1 Å². The molecule has 21 heavy (non-hydrogen) atoms. The number of hydrogen-bond acceptors (Lipinski definition) is 4. The van der Waals surface area contributed by atoms with Gasteiger partial charge in [0.05, 0.1) is 0 Å². The molecule has 2 amide bonds. The maximum Gasteiger partial charge on any atom is 0.251 e. The number of nitrogens with one attached hydrogen (secondary N) is 2. The Hall–Kier alpha value is -1.92. The van der Waals surface area contributed by atoms with Gasteiger partial charge in [0, 0.05) is 18.2 Å². The predicted molar refractivity (Wildman–Crippen MR) is 82.5 cm³/mol. The fraction of sp³-hybridized carbons (Fsp3) is 0.467. The van der Waals surface area contributed by atoms with Gasteiger partial charge in [-0.1, -0.05) is 26.0 Å². The minimum Gasteiger partial charge on any atom is -0.368 e. The monoisotopic (exact) mass is 292 g/mol. The number of carbonyl (C=O) groups is 2. The Morgan fingerprint density at radius 1 is 1.29 bits per heavy atom. The first-order valence-corrected chi connectivity index (χ1v) is 7.06. The smallest absolute Gasteiger partial charge is 0.251 e. The van der Waals surface area contributed by atoms with Gasteiger partial charge in [-0.05, 0) is 30.7 Å². The van der Waals surface area contributed by atoms with Gasteiger partial charge in [-0.3, -0.25) is 9.59 Å². The van der Waals surface area contributed by atoms with Gasteiger partial charge in [0.15, 0.2) is 0 Å². The van der Waals surface area contributed by atoms with Crippen LogP contribution in [0.3, 0.4) is 0 Å². The van der Waals surface area contributed by atoms with Crippen LogP contribution in [0.2, 0.25) is 0 Å². The van der Waals surface area contributed by atoms with E-state index in [1.165, 1.54) is 0 Å². The van der Waals surface area contributed by atoms with Crippen molar-refractivity contribution in [1.29, 1.82) is 0 Å². The number of amides is 2. The van der Waals surface area contributed by atoms with Gasteiger partial charge < -0.3 is 22.1 Å². The predicted octanol–water partition coefficient (Wildman–Crippen LogP) is 0.117. The SMILES string of the molecule is CC(C)NCc1cccc(C(=O)N[C@@H](CCN)C(N)=O)c1. The van der Waals surface area contributed by atoms with E-state index >= 15 is 0 Å². The number of rotatable bonds is 8. The summed E-state index contributed by atoms with van der Waals surface area (Å²) in [7, 11) is 0. The summed E-state index contributed by atoms with van der Waals surface area (Å²) in [6, 6.07) is 6.89. The van der Waals surface area contributed by atoms with Gasteiger partial charge in [0.1, 0.15) is 6.04 Å². The highest BCUT2D eigenvalue weighted by molar-refractivity contribution is 5.97. The van der Waals surface area contributed by atoms with Gasteiger partial charge in [-0.2, -0.15) is 0 Å². The fourth-order valence-corrected chi connectivity index (χ4v) is 1.84. The van der Waals surface area contributed by atoms with Crippen LogP contribution in [0.1, 0.15) is 36.2 Å². The van der Waals surface area contributed by atoms with Crippen LogP contribution in [-0.4, -0.2) is 30.4 Å². The van der Waals surface area contributed by atoms with Crippen LogP contribution in [0.25, 0.3) is 0 Å². The molecule has 0 heterocycles. The van der Waals surface area contributed by atoms with Crippen molar-refractivity contribution in [3.05, 3.63) is 35.4 Å². The molecular formula is C15H24N4O2. The quantitative estimate of drug-likeness (QED) is 0.545. The first kappa shape index (κ1) is 17.1. The number of carbonyl (C=O) groups excluding carboxylic acids is 2. The summed E-state index contributed by atoms with van der Waals surface area (Å²) >= 11 is 0. The first-order valence-electron chi connectivity index (χ1n) is 7.06. The normalized spacial score (nSPS) is 12.2. The van der Waals surface area contributed by atoms with Crippen molar-refractivity contribution in [3.63, 3.8) is 0 Å². The molecule has 0 unspecified atom stereocenters. The second kappa shape index (κ2) is 8.39. The minimum absolute atomic E-state index is 0.284. The Balaban J connectivity index is 2.73. The zero-order valence-corrected chi connectivity index (χ0v) is 12.6. The van der Waals surface area contributed by atoms with E-state index in [9.17, 15) is 9.59 Å². The van der Waals surface area contributed by atoms with Gasteiger partial charge in [-0.25, -0.2) is 0 Å². The zero-order valence-electron chi connectivity index (χ0n) is 12.6. The lowest BCUT2D eigenvalue weighted by atomic mass is 10.1. The number of hydrogen-bond donors (Lipinski definition) is 4. The number of nitrogens with two attached hydrogens (primary N) is 2. The van der Waals surface area contributed by atoms with Gasteiger partial charge >= 0.3 is 0 Å². The molecule has 0 aromatic heterocycles. The van der Waals surface area contributed by atoms with E-state index < -0.39 is 11.9 Å². The summed E-state index contributed by atoms with van der Waals surface area (Å²) in [5.41, 5.74) is 12.2. The van der Waals surface area contributed by atoms with Crippen LogP contribution in [-0.2, 0) is 11.3 Å². The topological polar surface area (TPSA) is 110 Å². The zero-order chi connectivity index (χ0) is 15.8. The molecule has 0 aliphatic carbocycles. The van der Waals surface area contributed by atoms with Crippen molar-refractivity contribution in [2.45, 2.75) is 38.9 Å². The Kier molecular flexibility index (Phi) is 6.84. The molecule has 0 saturated heterocycles. The summed E-state index contributed by atoms with van der Waals surface area (Å²) in [5.74, 6) is -0.898. The molecule has 116 valence electrons. The molecule has 1 aromatic rings. The molecule has 0 radical (unpaired) electrons. The minimum atomic E-state index is -0.736. The Morgan fingerprint density at radius 3 is 2.57 bits per heavy atom. The standard InChI is InChI=1S/C15H24N4O2/c1-10(2)18-9-11-4-3-5-12(8-11)15(21)19-13(6-7-16)14(17)20/h3-5,8,10,13,18H,6-7,9,16H2,1-2H3,(H2,17,20)(H,19,21)/t13-/m0/s1. The van der Waals surface area contributed by atoms with Crippen molar-refractivity contribution in [1.82, 2.24) is 10.6 Å². The van der Waals surface area contributed by atoms with Crippen molar-refractivity contribution in [2.24, 2.45) is 11.5 Å². The average Bonchev–Trinajstić information content (AvgIpc) is 2.44. The second-order valence-electron chi connectivity index (χ2n) is 5.24. The van der Waals surface area contributed by atoms with E-state index in [1.807, 2.05) is 12.1 Å². The van der Waals surface area contributed by atoms with Crippen LogP contribution < -0.4 is 22.1 Å². The third-order valence-electron chi connectivity index (χ3n) is 3.01. The van der Waals surface area contributed by atoms with Gasteiger partial charge in [0.25, 0.3) is 5.91 Å². The maximum absolute atomic E-state index is 12.1. The lowest BCUT2D eigenvalue weighted by molar-refractivity contribution is -0.119. The molecule has 0 fully saturated rings. The third-order valence-corrected chi connectivity index (χ3v) is 3.01. The maximum atomic E-state index is 12.1. The largest absolute Gasteiger partial charge is 0.368 e. The van der Waals surface area contributed by atoms with Crippen molar-refractivity contribution in [3.8, 4) is 0 Å². The van der Waals surface area contributed by atoms with Crippen LogP contribution in [0.15, 0.2) is 24.3 Å². The lowest BCUT2D eigenvalue weighted by Gasteiger charge is -2.15. The Morgan fingerprint density at radius 2 is 2.00 bits per heavy atom. The number of primary amides is 1. The lowest BCUT2D eigenvalue weighted by Crippen LogP contribution is -2.45. The molecule has 0 spiro atoms. The van der Waals surface area contributed by atoms with E-state index in [0.717, 1.165) is 5.56 Å². The molecular weight excluding hydrogens is 268 g/mol. The molecule has 1 atom stereocenters. The van der Waals surface area contributed by atoms with E-state index in [4.69, 9.17) is 11.5 Å². The highest BCUT2D eigenvalue weighted by atomic mass is 16.2. The van der Waals surface area contributed by atoms with Crippen LogP contribution in [0.4, 0.5) is 0 Å². The Bertz CT molecular complexity index is 488. The molecule has 0 bridgehead atoms. The van der Waals surface area contributed by atoms with E-state index in [2.05, 4.69) is 24.5 Å². The molecule has 0 aliphatic heterocycles. The Labute approximate surface area is 125 Å². The molecule has 0 aliphatic rings. The summed E-state index contributed by atoms with van der Waals surface area (Å²) in [6.45, 7) is 5.08. The van der Waals surface area contributed by atoms with Gasteiger partial charge in [-0.15, -0.1) is 0 Å².